The number of ether oxygens (including phenoxy) is 2. The van der Waals surface area contributed by atoms with E-state index < -0.39 is 6.10 Å². The standard InChI is InChI=1S/C16H23NO4/c18-13-3-1-2-11(6-13)8-17-9-14(19)12-4-5-15-16(7-12)21-10-20-15/h4-5,7,11,13-14,17-19H,1-3,6,8-10H2. The van der Waals surface area contributed by atoms with Crippen LogP contribution in [0, 0.1) is 5.92 Å². The summed E-state index contributed by atoms with van der Waals surface area (Å²) in [6.07, 6.45) is 3.34. The molecule has 1 aliphatic heterocycles. The van der Waals surface area contributed by atoms with Crippen LogP contribution in [0.2, 0.25) is 0 Å². The minimum absolute atomic E-state index is 0.149. The Labute approximate surface area is 124 Å². The number of fused-ring (bicyclic) bond motifs is 1. The Balaban J connectivity index is 1.46. The van der Waals surface area contributed by atoms with Gasteiger partial charge in [-0.25, -0.2) is 0 Å². The van der Waals surface area contributed by atoms with Crippen molar-refractivity contribution in [2.75, 3.05) is 19.9 Å². The Bertz CT molecular complexity index is 479. The first-order valence-electron chi connectivity index (χ1n) is 7.69. The zero-order valence-electron chi connectivity index (χ0n) is 12.1. The van der Waals surface area contributed by atoms with Gasteiger partial charge in [0, 0.05) is 6.54 Å². The lowest BCUT2D eigenvalue weighted by Gasteiger charge is -2.26. The molecule has 5 nitrogen and oxygen atoms in total. The van der Waals surface area contributed by atoms with Crippen LogP contribution in [-0.4, -0.2) is 36.2 Å². The van der Waals surface area contributed by atoms with Crippen LogP contribution in [0.3, 0.4) is 0 Å². The van der Waals surface area contributed by atoms with Gasteiger partial charge in [0.05, 0.1) is 12.2 Å². The molecule has 0 aromatic heterocycles. The second kappa shape index (κ2) is 6.64. The molecule has 1 aromatic carbocycles. The molecule has 0 bridgehead atoms. The van der Waals surface area contributed by atoms with Crippen LogP contribution in [0.1, 0.15) is 37.4 Å². The second-order valence-corrected chi connectivity index (χ2v) is 5.97. The van der Waals surface area contributed by atoms with Crippen LogP contribution in [-0.2, 0) is 0 Å². The van der Waals surface area contributed by atoms with Gasteiger partial charge in [-0.1, -0.05) is 12.5 Å². The van der Waals surface area contributed by atoms with Crippen LogP contribution in [0.5, 0.6) is 11.5 Å². The van der Waals surface area contributed by atoms with Gasteiger partial charge in [-0.15, -0.1) is 0 Å². The van der Waals surface area contributed by atoms with Crippen molar-refractivity contribution in [3.63, 3.8) is 0 Å². The lowest BCUT2D eigenvalue weighted by atomic mass is 9.87. The summed E-state index contributed by atoms with van der Waals surface area (Å²) in [4.78, 5) is 0. The SMILES string of the molecule is OC1CCCC(CNCC(O)c2ccc3c(c2)OCO3)C1. The van der Waals surface area contributed by atoms with Gasteiger partial charge in [-0.3, -0.25) is 0 Å². The molecule has 1 aromatic rings. The summed E-state index contributed by atoms with van der Waals surface area (Å²) in [6.45, 7) is 1.60. The van der Waals surface area contributed by atoms with E-state index in [0.717, 1.165) is 43.5 Å². The number of benzene rings is 1. The largest absolute Gasteiger partial charge is 0.454 e. The van der Waals surface area contributed by atoms with Crippen LogP contribution in [0.4, 0.5) is 0 Å². The molecule has 21 heavy (non-hydrogen) atoms. The molecule has 3 atom stereocenters. The van der Waals surface area contributed by atoms with Crippen molar-refractivity contribution in [3.8, 4) is 11.5 Å². The van der Waals surface area contributed by atoms with Gasteiger partial charge in [0.15, 0.2) is 11.5 Å². The van der Waals surface area contributed by atoms with Crippen molar-refractivity contribution in [2.24, 2.45) is 5.92 Å². The summed E-state index contributed by atoms with van der Waals surface area (Å²) in [5, 5.41) is 23.2. The molecule has 5 heteroatoms. The summed E-state index contributed by atoms with van der Waals surface area (Å²) < 4.78 is 10.6. The average molecular weight is 293 g/mol. The Morgan fingerprint density at radius 2 is 2.10 bits per heavy atom. The fourth-order valence-corrected chi connectivity index (χ4v) is 3.11. The van der Waals surface area contributed by atoms with E-state index in [4.69, 9.17) is 9.47 Å². The highest BCUT2D eigenvalue weighted by Crippen LogP contribution is 2.34. The fourth-order valence-electron chi connectivity index (χ4n) is 3.11. The monoisotopic (exact) mass is 293 g/mol. The Morgan fingerprint density at radius 1 is 1.24 bits per heavy atom. The quantitative estimate of drug-likeness (QED) is 0.769. The maximum Gasteiger partial charge on any atom is 0.231 e. The maximum atomic E-state index is 10.2. The van der Waals surface area contributed by atoms with Crippen molar-refractivity contribution in [3.05, 3.63) is 23.8 Å². The maximum absolute atomic E-state index is 10.2. The van der Waals surface area contributed by atoms with Gasteiger partial charge in [0.25, 0.3) is 0 Å². The van der Waals surface area contributed by atoms with Gasteiger partial charge in [0.1, 0.15) is 0 Å². The van der Waals surface area contributed by atoms with E-state index in [1.165, 1.54) is 0 Å². The highest BCUT2D eigenvalue weighted by Gasteiger charge is 2.20. The Kier molecular flexibility index (Phi) is 4.63. The molecule has 3 rings (SSSR count). The van der Waals surface area contributed by atoms with Crippen molar-refractivity contribution in [2.45, 2.75) is 37.9 Å². The average Bonchev–Trinajstić information content (AvgIpc) is 2.94. The van der Waals surface area contributed by atoms with Crippen molar-refractivity contribution < 1.29 is 19.7 Å². The van der Waals surface area contributed by atoms with Gasteiger partial charge in [0.2, 0.25) is 6.79 Å². The van der Waals surface area contributed by atoms with Crippen molar-refractivity contribution in [1.82, 2.24) is 5.32 Å². The number of nitrogens with one attached hydrogen (secondary N) is 1. The molecule has 116 valence electrons. The van der Waals surface area contributed by atoms with Gasteiger partial charge in [-0.05, 0) is 49.4 Å². The van der Waals surface area contributed by atoms with Crippen LogP contribution in [0.15, 0.2) is 18.2 Å². The zero-order chi connectivity index (χ0) is 14.7. The van der Waals surface area contributed by atoms with Crippen LogP contribution >= 0.6 is 0 Å². The van der Waals surface area contributed by atoms with E-state index in [1.54, 1.807) is 0 Å². The zero-order valence-corrected chi connectivity index (χ0v) is 12.1. The fraction of sp³-hybridized carbons (Fsp3) is 0.625. The summed E-state index contributed by atoms with van der Waals surface area (Å²) >= 11 is 0. The van der Waals surface area contributed by atoms with E-state index in [1.807, 2.05) is 18.2 Å². The third kappa shape index (κ3) is 3.67. The minimum Gasteiger partial charge on any atom is -0.454 e. The van der Waals surface area contributed by atoms with Gasteiger partial charge in [-0.2, -0.15) is 0 Å². The molecular formula is C16H23NO4. The molecule has 1 saturated carbocycles. The molecule has 0 amide bonds. The van der Waals surface area contributed by atoms with Crippen molar-refractivity contribution in [1.29, 1.82) is 0 Å². The lowest BCUT2D eigenvalue weighted by molar-refractivity contribution is 0.0983. The molecule has 0 saturated heterocycles. The molecule has 0 spiro atoms. The van der Waals surface area contributed by atoms with E-state index in [-0.39, 0.29) is 12.9 Å². The summed E-state index contributed by atoms with van der Waals surface area (Å²) in [5.41, 5.74) is 0.829. The van der Waals surface area contributed by atoms with E-state index in [2.05, 4.69) is 5.32 Å². The highest BCUT2D eigenvalue weighted by atomic mass is 16.7. The lowest BCUT2D eigenvalue weighted by Crippen LogP contribution is -2.31. The number of rotatable bonds is 5. The summed E-state index contributed by atoms with van der Waals surface area (Å²) in [5.74, 6) is 1.94. The predicted octanol–water partition coefficient (Wildman–Crippen LogP) is 1.59. The second-order valence-electron chi connectivity index (χ2n) is 5.97. The first-order valence-corrected chi connectivity index (χ1v) is 7.69. The molecule has 3 unspecified atom stereocenters. The topological polar surface area (TPSA) is 71.0 Å². The molecule has 3 N–H and O–H groups in total. The number of hydrogen-bond donors (Lipinski definition) is 3. The number of hydrogen-bond acceptors (Lipinski definition) is 5. The third-order valence-corrected chi connectivity index (χ3v) is 4.31. The Hall–Kier alpha value is -1.30. The molecule has 1 aliphatic carbocycles. The molecule has 0 radical (unpaired) electrons. The molecule has 1 heterocycles. The van der Waals surface area contributed by atoms with E-state index in [0.29, 0.717) is 18.2 Å². The third-order valence-electron chi connectivity index (χ3n) is 4.31. The smallest absolute Gasteiger partial charge is 0.231 e. The van der Waals surface area contributed by atoms with Crippen molar-refractivity contribution >= 4 is 0 Å². The molecule has 2 aliphatic rings. The molecular weight excluding hydrogens is 270 g/mol. The van der Waals surface area contributed by atoms with Crippen LogP contribution in [0.25, 0.3) is 0 Å². The first-order chi connectivity index (χ1) is 10.2. The normalized spacial score (nSPS) is 25.8. The minimum atomic E-state index is -0.562. The Morgan fingerprint density at radius 3 is 2.95 bits per heavy atom. The van der Waals surface area contributed by atoms with Crippen LogP contribution < -0.4 is 14.8 Å². The van der Waals surface area contributed by atoms with Gasteiger partial charge >= 0.3 is 0 Å². The summed E-state index contributed by atoms with van der Waals surface area (Å²) in [6, 6.07) is 5.53. The van der Waals surface area contributed by atoms with E-state index >= 15 is 0 Å². The number of aliphatic hydroxyl groups is 2. The van der Waals surface area contributed by atoms with E-state index in [9.17, 15) is 10.2 Å². The first kappa shape index (κ1) is 14.6. The van der Waals surface area contributed by atoms with Gasteiger partial charge < -0.3 is 25.0 Å². The highest BCUT2D eigenvalue weighted by molar-refractivity contribution is 5.45. The molecule has 1 fully saturated rings. The number of aliphatic hydroxyl groups excluding tert-OH is 2. The predicted molar refractivity (Wildman–Crippen MR) is 78.4 cm³/mol. The summed E-state index contributed by atoms with van der Waals surface area (Å²) in [7, 11) is 0.